The highest BCUT2D eigenvalue weighted by molar-refractivity contribution is 5.95. The van der Waals surface area contributed by atoms with Crippen molar-refractivity contribution in [2.75, 3.05) is 36.4 Å². The molecule has 1 aliphatic rings. The minimum Gasteiger partial charge on any atom is -0.368 e. The lowest BCUT2D eigenvalue weighted by Crippen LogP contribution is -2.48. The highest BCUT2D eigenvalue weighted by Gasteiger charge is 2.31. The first-order valence-corrected chi connectivity index (χ1v) is 11.9. The monoisotopic (exact) mass is 518 g/mol. The molecule has 1 amide bonds. The van der Waals surface area contributed by atoms with Gasteiger partial charge in [0.2, 0.25) is 5.65 Å². The second-order valence-corrected chi connectivity index (χ2v) is 8.90. The molecule has 1 aliphatic heterocycles. The number of piperazine rings is 1. The summed E-state index contributed by atoms with van der Waals surface area (Å²) in [6.45, 7) is 1.66. The molecule has 6 rings (SSSR count). The number of carbonyl (C=O) groups excluding carboxylic acids is 1. The van der Waals surface area contributed by atoms with Crippen LogP contribution in [-0.2, 0) is 6.18 Å². The Balaban J connectivity index is 1.17. The third kappa shape index (κ3) is 4.44. The summed E-state index contributed by atoms with van der Waals surface area (Å²) in [5.41, 5.74) is 2.87. The Bertz CT molecular complexity index is 1640. The molecule has 192 valence electrons. The van der Waals surface area contributed by atoms with Crippen molar-refractivity contribution in [2.45, 2.75) is 6.18 Å². The van der Waals surface area contributed by atoms with E-state index in [1.165, 1.54) is 6.07 Å². The molecule has 1 N–H and O–H groups in total. The van der Waals surface area contributed by atoms with E-state index in [1.807, 2.05) is 35.2 Å². The molecule has 1 fully saturated rings. The third-order valence-electron chi connectivity index (χ3n) is 6.50. The summed E-state index contributed by atoms with van der Waals surface area (Å²) in [7, 11) is 0. The summed E-state index contributed by atoms with van der Waals surface area (Å²) in [6.07, 6.45) is -4.40. The molecule has 0 atom stereocenters. The van der Waals surface area contributed by atoms with E-state index in [1.54, 1.807) is 33.7 Å². The first-order chi connectivity index (χ1) is 18.4. The Morgan fingerprint density at radius 3 is 2.50 bits per heavy atom. The molecular weight excluding hydrogens is 497 g/mol. The van der Waals surface area contributed by atoms with Gasteiger partial charge in [-0.25, -0.2) is 4.98 Å². The van der Waals surface area contributed by atoms with Crippen LogP contribution in [0.3, 0.4) is 0 Å². The van der Waals surface area contributed by atoms with Crippen molar-refractivity contribution in [3.63, 3.8) is 0 Å². The average Bonchev–Trinajstić information content (AvgIpc) is 3.44. The van der Waals surface area contributed by atoms with Crippen LogP contribution in [0, 0.1) is 0 Å². The van der Waals surface area contributed by atoms with E-state index in [0.717, 1.165) is 17.6 Å². The van der Waals surface area contributed by atoms with Crippen LogP contribution < -0.4 is 10.2 Å². The minimum atomic E-state index is -4.40. The molecule has 0 unspecified atom stereocenters. The molecule has 0 bridgehead atoms. The molecule has 38 heavy (non-hydrogen) atoms. The number of alkyl halides is 3. The number of aromatic nitrogens is 5. The number of nitrogens with zero attached hydrogens (tertiary/aromatic N) is 7. The van der Waals surface area contributed by atoms with Crippen LogP contribution in [0.4, 0.5) is 30.4 Å². The second-order valence-electron chi connectivity index (χ2n) is 8.90. The van der Waals surface area contributed by atoms with Gasteiger partial charge in [0.05, 0.1) is 16.6 Å². The van der Waals surface area contributed by atoms with Crippen LogP contribution >= 0.6 is 0 Å². The Morgan fingerprint density at radius 1 is 0.895 bits per heavy atom. The van der Waals surface area contributed by atoms with Crippen molar-refractivity contribution in [3.05, 3.63) is 83.9 Å². The fraction of sp³-hybridized carbons (Fsp3) is 0.192. The van der Waals surface area contributed by atoms with E-state index in [-0.39, 0.29) is 5.91 Å². The van der Waals surface area contributed by atoms with E-state index in [2.05, 4.69) is 25.8 Å². The number of fused-ring (bicyclic) bond motifs is 3. The smallest absolute Gasteiger partial charge is 0.368 e. The molecule has 0 aliphatic carbocycles. The number of carbonyl (C=O) groups is 1. The first-order valence-electron chi connectivity index (χ1n) is 11.9. The number of tetrazole rings is 1. The summed E-state index contributed by atoms with van der Waals surface area (Å²) < 4.78 is 40.9. The van der Waals surface area contributed by atoms with Crippen molar-refractivity contribution in [1.82, 2.24) is 29.9 Å². The lowest BCUT2D eigenvalue weighted by Gasteiger charge is -2.36. The normalized spacial score (nSPS) is 14.3. The molecule has 5 aromatic rings. The van der Waals surface area contributed by atoms with Crippen molar-refractivity contribution >= 4 is 39.8 Å². The largest absolute Gasteiger partial charge is 0.416 e. The molecule has 3 aromatic carbocycles. The number of anilines is 3. The fourth-order valence-corrected chi connectivity index (χ4v) is 4.59. The summed E-state index contributed by atoms with van der Waals surface area (Å²) in [5.74, 6) is 0.297. The molecular formula is C26H21F3N8O. The van der Waals surface area contributed by atoms with E-state index >= 15 is 0 Å². The Labute approximate surface area is 214 Å². The lowest BCUT2D eigenvalue weighted by atomic mass is 10.1. The second kappa shape index (κ2) is 9.29. The number of benzene rings is 3. The van der Waals surface area contributed by atoms with Gasteiger partial charge in [0.15, 0.2) is 5.82 Å². The Kier molecular flexibility index (Phi) is 5.78. The number of hydrogen-bond donors (Lipinski definition) is 1. The van der Waals surface area contributed by atoms with Crippen LogP contribution in [0.5, 0.6) is 0 Å². The maximum absolute atomic E-state index is 13.3. The van der Waals surface area contributed by atoms with Gasteiger partial charge < -0.3 is 15.1 Å². The molecule has 0 spiro atoms. The van der Waals surface area contributed by atoms with E-state index in [9.17, 15) is 18.0 Å². The standard InChI is InChI=1S/C26H21F3N8O/c27-26(28,29)18-6-4-8-20(16-18)35-11-13-36(14-12-35)25(38)17-5-3-7-19(15-17)30-23-24-32-33-34-37(24)22-10-2-1-9-21(22)31-23/h1-10,15-16H,11-14H2,(H,30,31). The maximum Gasteiger partial charge on any atom is 0.416 e. The number of amides is 1. The molecule has 1 saturated heterocycles. The van der Waals surface area contributed by atoms with Gasteiger partial charge in [0.25, 0.3) is 5.91 Å². The number of nitrogens with one attached hydrogen (secondary N) is 1. The van der Waals surface area contributed by atoms with Gasteiger partial charge in [-0.2, -0.15) is 17.7 Å². The number of para-hydroxylation sites is 2. The summed E-state index contributed by atoms with van der Waals surface area (Å²) in [5, 5.41) is 15.1. The van der Waals surface area contributed by atoms with Gasteiger partial charge in [-0.1, -0.05) is 24.3 Å². The summed E-state index contributed by atoms with van der Waals surface area (Å²) >= 11 is 0. The third-order valence-corrected chi connectivity index (χ3v) is 6.50. The first kappa shape index (κ1) is 23.6. The molecule has 12 heteroatoms. The molecule has 9 nitrogen and oxygen atoms in total. The minimum absolute atomic E-state index is 0.155. The van der Waals surface area contributed by atoms with Gasteiger partial charge in [-0.15, -0.1) is 5.10 Å². The zero-order chi connectivity index (χ0) is 26.3. The van der Waals surface area contributed by atoms with Gasteiger partial charge in [0, 0.05) is 43.1 Å². The van der Waals surface area contributed by atoms with Crippen molar-refractivity contribution < 1.29 is 18.0 Å². The van der Waals surface area contributed by atoms with E-state index < -0.39 is 11.7 Å². The highest BCUT2D eigenvalue weighted by atomic mass is 19.4. The van der Waals surface area contributed by atoms with Gasteiger partial charge in [0.1, 0.15) is 0 Å². The van der Waals surface area contributed by atoms with Gasteiger partial charge in [-0.3, -0.25) is 4.79 Å². The van der Waals surface area contributed by atoms with Crippen LogP contribution in [0.1, 0.15) is 15.9 Å². The van der Waals surface area contributed by atoms with E-state index in [4.69, 9.17) is 0 Å². The van der Waals surface area contributed by atoms with Crippen LogP contribution in [0.25, 0.3) is 16.7 Å². The van der Waals surface area contributed by atoms with Crippen molar-refractivity contribution in [2.24, 2.45) is 0 Å². The summed E-state index contributed by atoms with van der Waals surface area (Å²) in [6, 6.07) is 19.8. The molecule has 0 saturated carbocycles. The average molecular weight is 519 g/mol. The number of hydrogen-bond acceptors (Lipinski definition) is 7. The molecule has 0 radical (unpaired) electrons. The Morgan fingerprint density at radius 2 is 1.68 bits per heavy atom. The van der Waals surface area contributed by atoms with Crippen LogP contribution in [-0.4, -0.2) is 62.0 Å². The lowest BCUT2D eigenvalue weighted by molar-refractivity contribution is -0.137. The van der Waals surface area contributed by atoms with Gasteiger partial charge in [-0.05, 0) is 59.0 Å². The zero-order valence-electron chi connectivity index (χ0n) is 19.9. The number of halogens is 3. The zero-order valence-corrected chi connectivity index (χ0v) is 19.9. The quantitative estimate of drug-likeness (QED) is 0.377. The van der Waals surface area contributed by atoms with Crippen molar-refractivity contribution in [3.8, 4) is 0 Å². The molecule has 3 heterocycles. The van der Waals surface area contributed by atoms with Crippen LogP contribution in [0.2, 0.25) is 0 Å². The number of rotatable bonds is 4. The maximum atomic E-state index is 13.3. The predicted molar refractivity (Wildman–Crippen MR) is 135 cm³/mol. The fourth-order valence-electron chi connectivity index (χ4n) is 4.59. The van der Waals surface area contributed by atoms with Gasteiger partial charge >= 0.3 is 6.18 Å². The highest BCUT2D eigenvalue weighted by Crippen LogP contribution is 2.32. The summed E-state index contributed by atoms with van der Waals surface area (Å²) in [4.78, 5) is 21.5. The van der Waals surface area contributed by atoms with Crippen LogP contribution in [0.15, 0.2) is 72.8 Å². The Hall–Kier alpha value is -4.74. The molecule has 2 aromatic heterocycles. The topological polar surface area (TPSA) is 91.5 Å². The SMILES string of the molecule is O=C(c1cccc(Nc2nc3ccccc3n3nnnc23)c1)N1CCN(c2cccc(C(F)(F)F)c2)CC1. The predicted octanol–water partition coefficient (Wildman–Crippen LogP) is 4.40. The van der Waals surface area contributed by atoms with Crippen molar-refractivity contribution in [1.29, 1.82) is 0 Å². The van der Waals surface area contributed by atoms with E-state index in [0.29, 0.717) is 60.1 Å².